The Hall–Kier alpha value is -0.120. The number of rotatable bonds is 2. The minimum Gasteiger partial charge on any atom is -0.300 e. The van der Waals surface area contributed by atoms with Crippen molar-refractivity contribution in [3.63, 3.8) is 0 Å². The number of piperidine rings is 1. The average molecular weight is 324 g/mol. The average Bonchev–Trinajstić information content (AvgIpc) is 2.35. The molecule has 2 rings (SSSR count). The van der Waals surface area contributed by atoms with E-state index >= 15 is 0 Å². The topological polar surface area (TPSA) is 9.72 Å². The van der Waals surface area contributed by atoms with Crippen LogP contribution in [-0.4, -0.2) is 70.6 Å². The Morgan fingerprint density at radius 2 is 1.26 bits per heavy atom. The molecule has 2 heterocycles. The number of hydrogen-bond donors (Lipinski definition) is 0. The van der Waals surface area contributed by atoms with E-state index in [1.54, 1.807) is 0 Å². The molecule has 0 aromatic heterocycles. The predicted octanol–water partition coefficient (Wildman–Crippen LogP) is 3.69. The van der Waals surface area contributed by atoms with E-state index in [0.29, 0.717) is 17.6 Å². The van der Waals surface area contributed by atoms with E-state index in [1.807, 2.05) is 0 Å². The molecule has 136 valence electrons. The molecule has 23 heavy (non-hydrogen) atoms. The summed E-state index contributed by atoms with van der Waals surface area (Å²) in [6.45, 7) is 25.3. The molecule has 2 aliphatic heterocycles. The maximum absolute atomic E-state index is 2.75. The summed E-state index contributed by atoms with van der Waals surface area (Å²) in [7, 11) is 0. The molecule has 0 N–H and O–H groups in total. The summed E-state index contributed by atoms with van der Waals surface area (Å²) >= 11 is 0. The molecule has 2 atom stereocenters. The van der Waals surface area contributed by atoms with Crippen molar-refractivity contribution < 1.29 is 0 Å². The fraction of sp³-hybridized carbons (Fsp3) is 1.00. The predicted molar refractivity (Wildman–Crippen MR) is 101 cm³/mol. The fourth-order valence-corrected chi connectivity index (χ4v) is 5.06. The molecule has 0 radical (unpaired) electrons. The Kier molecular flexibility index (Phi) is 5.86. The van der Waals surface area contributed by atoms with Crippen LogP contribution in [0.4, 0.5) is 0 Å². The fourth-order valence-electron chi connectivity index (χ4n) is 5.06. The molecule has 0 aromatic rings. The van der Waals surface area contributed by atoms with Gasteiger partial charge >= 0.3 is 0 Å². The van der Waals surface area contributed by atoms with Crippen LogP contribution in [0.15, 0.2) is 0 Å². The van der Waals surface area contributed by atoms with E-state index in [2.05, 4.69) is 70.1 Å². The molecule has 3 heteroatoms. The molecular weight excluding hydrogens is 282 g/mol. The van der Waals surface area contributed by atoms with Crippen LogP contribution in [0.5, 0.6) is 0 Å². The van der Waals surface area contributed by atoms with E-state index in [-0.39, 0.29) is 5.54 Å². The third kappa shape index (κ3) is 4.93. The van der Waals surface area contributed by atoms with Gasteiger partial charge in [0.05, 0.1) is 0 Å². The smallest absolute Gasteiger partial charge is 0.0203 e. The molecule has 2 fully saturated rings. The van der Waals surface area contributed by atoms with E-state index in [0.717, 1.165) is 5.92 Å². The SMILES string of the molecule is CC1CN(CC2CCN(C(C)(C)C)CC2)CC(C)N1C(C)(C)C. The summed E-state index contributed by atoms with van der Waals surface area (Å²) in [5, 5.41) is 0. The standard InChI is InChI=1S/C20H41N3/c1-16-13-21(14-17(2)23(16)20(6,7)8)15-18-9-11-22(12-10-18)19(3,4)5/h16-18H,9-15H2,1-8H3. The van der Waals surface area contributed by atoms with Gasteiger partial charge in [-0.2, -0.15) is 0 Å². The highest BCUT2D eigenvalue weighted by Gasteiger charge is 2.37. The zero-order chi connectivity index (χ0) is 17.4. The summed E-state index contributed by atoms with van der Waals surface area (Å²) in [5.41, 5.74) is 0.620. The van der Waals surface area contributed by atoms with Gasteiger partial charge in [-0.15, -0.1) is 0 Å². The lowest BCUT2D eigenvalue weighted by Crippen LogP contribution is -2.63. The minimum atomic E-state index is 0.281. The summed E-state index contributed by atoms with van der Waals surface area (Å²) in [6, 6.07) is 1.32. The summed E-state index contributed by atoms with van der Waals surface area (Å²) in [4.78, 5) is 8.12. The second-order valence-corrected chi connectivity index (χ2v) is 10.1. The maximum Gasteiger partial charge on any atom is 0.0203 e. The summed E-state index contributed by atoms with van der Waals surface area (Å²) in [5.74, 6) is 0.897. The molecule has 3 nitrogen and oxygen atoms in total. The molecule has 0 amide bonds. The van der Waals surface area contributed by atoms with Crippen LogP contribution in [0.1, 0.15) is 68.2 Å². The van der Waals surface area contributed by atoms with Gasteiger partial charge in [-0.25, -0.2) is 0 Å². The molecule has 0 spiro atoms. The molecule has 0 aliphatic carbocycles. The van der Waals surface area contributed by atoms with E-state index in [4.69, 9.17) is 0 Å². The first-order valence-corrected chi connectivity index (χ1v) is 9.74. The van der Waals surface area contributed by atoms with E-state index < -0.39 is 0 Å². The molecular formula is C20H41N3. The molecule has 2 saturated heterocycles. The van der Waals surface area contributed by atoms with Crippen molar-refractivity contribution in [3.8, 4) is 0 Å². The normalized spacial score (nSPS) is 30.8. The zero-order valence-electron chi connectivity index (χ0n) is 17.0. The maximum atomic E-state index is 2.75. The van der Waals surface area contributed by atoms with Crippen molar-refractivity contribution in [2.45, 2.75) is 91.4 Å². The Morgan fingerprint density at radius 1 is 0.783 bits per heavy atom. The third-order valence-electron chi connectivity index (χ3n) is 5.85. The zero-order valence-corrected chi connectivity index (χ0v) is 17.0. The summed E-state index contributed by atoms with van der Waals surface area (Å²) in [6.07, 6.45) is 2.75. The number of nitrogens with zero attached hydrogens (tertiary/aromatic N) is 3. The van der Waals surface area contributed by atoms with Gasteiger partial charge in [0.25, 0.3) is 0 Å². The van der Waals surface area contributed by atoms with Crippen molar-refractivity contribution in [3.05, 3.63) is 0 Å². The lowest BCUT2D eigenvalue weighted by atomic mass is 9.91. The van der Waals surface area contributed by atoms with Gasteiger partial charge in [0.2, 0.25) is 0 Å². The number of hydrogen-bond acceptors (Lipinski definition) is 3. The first kappa shape index (κ1) is 19.2. The number of likely N-dealkylation sites (tertiary alicyclic amines) is 1. The van der Waals surface area contributed by atoms with E-state index in [9.17, 15) is 0 Å². The van der Waals surface area contributed by atoms with Gasteiger partial charge < -0.3 is 0 Å². The number of piperazine rings is 1. The third-order valence-corrected chi connectivity index (χ3v) is 5.85. The van der Waals surface area contributed by atoms with Gasteiger partial charge in [-0.3, -0.25) is 14.7 Å². The van der Waals surface area contributed by atoms with Crippen LogP contribution >= 0.6 is 0 Å². The van der Waals surface area contributed by atoms with Crippen LogP contribution < -0.4 is 0 Å². The van der Waals surface area contributed by atoms with Gasteiger partial charge in [-0.05, 0) is 87.2 Å². The Balaban J connectivity index is 1.84. The molecule has 0 aromatic carbocycles. The van der Waals surface area contributed by atoms with Gasteiger partial charge in [0.15, 0.2) is 0 Å². The highest BCUT2D eigenvalue weighted by molar-refractivity contribution is 4.93. The highest BCUT2D eigenvalue weighted by Crippen LogP contribution is 2.28. The van der Waals surface area contributed by atoms with Crippen molar-refractivity contribution in [2.75, 3.05) is 32.7 Å². The summed E-state index contributed by atoms with van der Waals surface area (Å²) < 4.78 is 0. The molecule has 0 bridgehead atoms. The van der Waals surface area contributed by atoms with Crippen molar-refractivity contribution in [1.29, 1.82) is 0 Å². The van der Waals surface area contributed by atoms with E-state index in [1.165, 1.54) is 45.6 Å². The van der Waals surface area contributed by atoms with Gasteiger partial charge in [0.1, 0.15) is 0 Å². The van der Waals surface area contributed by atoms with Crippen LogP contribution in [0.3, 0.4) is 0 Å². The largest absolute Gasteiger partial charge is 0.300 e. The second-order valence-electron chi connectivity index (χ2n) is 10.1. The Labute approximate surface area is 145 Å². The molecule has 2 unspecified atom stereocenters. The second kappa shape index (κ2) is 7.01. The first-order valence-electron chi connectivity index (χ1n) is 9.74. The first-order chi connectivity index (χ1) is 10.5. The quantitative estimate of drug-likeness (QED) is 0.767. The Bertz CT molecular complexity index is 359. The lowest BCUT2D eigenvalue weighted by molar-refractivity contribution is -0.0306. The monoisotopic (exact) mass is 323 g/mol. The van der Waals surface area contributed by atoms with Crippen LogP contribution in [0, 0.1) is 5.92 Å². The van der Waals surface area contributed by atoms with Crippen molar-refractivity contribution in [1.82, 2.24) is 14.7 Å². The highest BCUT2D eigenvalue weighted by atomic mass is 15.3. The lowest BCUT2D eigenvalue weighted by Gasteiger charge is -2.51. The van der Waals surface area contributed by atoms with Crippen LogP contribution in [0.2, 0.25) is 0 Å². The molecule has 0 saturated carbocycles. The van der Waals surface area contributed by atoms with Crippen molar-refractivity contribution in [2.24, 2.45) is 5.92 Å². The van der Waals surface area contributed by atoms with Gasteiger partial charge in [0, 0.05) is 42.8 Å². The van der Waals surface area contributed by atoms with Gasteiger partial charge in [-0.1, -0.05) is 0 Å². The molecule has 2 aliphatic rings. The van der Waals surface area contributed by atoms with Crippen LogP contribution in [-0.2, 0) is 0 Å². The van der Waals surface area contributed by atoms with Crippen molar-refractivity contribution >= 4 is 0 Å². The Morgan fingerprint density at radius 3 is 1.65 bits per heavy atom. The minimum absolute atomic E-state index is 0.281. The van der Waals surface area contributed by atoms with Crippen LogP contribution in [0.25, 0.3) is 0 Å².